The molecule has 0 aromatic heterocycles. The Kier molecular flexibility index (Phi) is 7.45. The summed E-state index contributed by atoms with van der Waals surface area (Å²) in [5, 5.41) is 2.39. The van der Waals surface area contributed by atoms with Gasteiger partial charge in [0, 0.05) is 18.3 Å². The second-order valence-corrected chi connectivity index (χ2v) is 8.39. The second-order valence-electron chi connectivity index (χ2n) is 6.45. The van der Waals surface area contributed by atoms with E-state index in [0.29, 0.717) is 10.1 Å². The summed E-state index contributed by atoms with van der Waals surface area (Å²) in [5.41, 5.74) is -3.30. The standard InChI is InChI=1S/C19H18F6N2O4S/c1-3-27(11-17(28)26-14-5-4-6-15(10-14)31-2)32(29,30)16-8-12(18(20,21)22)7-13(9-16)19(23,24)25/h4-10H,3,11H2,1-2H3,(H,26,28). The molecule has 176 valence electrons. The van der Waals surface area contributed by atoms with E-state index >= 15 is 0 Å². The van der Waals surface area contributed by atoms with Crippen LogP contribution in [0.2, 0.25) is 0 Å². The molecule has 1 N–H and O–H groups in total. The highest BCUT2D eigenvalue weighted by molar-refractivity contribution is 7.89. The zero-order chi connectivity index (χ0) is 24.3. The monoisotopic (exact) mass is 484 g/mol. The SMILES string of the molecule is CCN(CC(=O)Nc1cccc(OC)c1)S(=O)(=O)c1cc(C(F)(F)F)cc(C(F)(F)F)c1. The number of rotatable bonds is 7. The lowest BCUT2D eigenvalue weighted by molar-refractivity contribution is -0.143. The lowest BCUT2D eigenvalue weighted by Crippen LogP contribution is -2.38. The fraction of sp³-hybridized carbons (Fsp3) is 0.316. The Morgan fingerprint density at radius 2 is 1.56 bits per heavy atom. The molecule has 0 saturated heterocycles. The van der Waals surface area contributed by atoms with Gasteiger partial charge in [-0.25, -0.2) is 8.42 Å². The number of likely N-dealkylation sites (N-methyl/N-ethyl adjacent to an activating group) is 1. The smallest absolute Gasteiger partial charge is 0.416 e. The van der Waals surface area contributed by atoms with Gasteiger partial charge in [0.15, 0.2) is 0 Å². The Labute approximate surface area is 179 Å². The average Bonchev–Trinajstić information content (AvgIpc) is 2.70. The maximum atomic E-state index is 13.1. The van der Waals surface area contributed by atoms with Gasteiger partial charge in [0.1, 0.15) is 5.75 Å². The zero-order valence-electron chi connectivity index (χ0n) is 16.7. The van der Waals surface area contributed by atoms with Crippen molar-refractivity contribution in [2.24, 2.45) is 0 Å². The van der Waals surface area contributed by atoms with E-state index < -0.39 is 50.9 Å². The molecular weight excluding hydrogens is 466 g/mol. The van der Waals surface area contributed by atoms with Gasteiger partial charge in [0.2, 0.25) is 15.9 Å². The molecule has 0 fully saturated rings. The normalized spacial score (nSPS) is 12.7. The number of hydrogen-bond donors (Lipinski definition) is 1. The third-order valence-corrected chi connectivity index (χ3v) is 6.12. The van der Waals surface area contributed by atoms with Gasteiger partial charge in [-0.05, 0) is 30.3 Å². The van der Waals surface area contributed by atoms with Crippen LogP contribution in [-0.2, 0) is 27.2 Å². The molecule has 0 aliphatic carbocycles. The first-order chi connectivity index (χ1) is 14.7. The van der Waals surface area contributed by atoms with Gasteiger partial charge in [-0.3, -0.25) is 4.79 Å². The molecule has 6 nitrogen and oxygen atoms in total. The van der Waals surface area contributed by atoms with Crippen LogP contribution in [0.5, 0.6) is 5.75 Å². The molecule has 1 amide bonds. The number of hydrogen-bond acceptors (Lipinski definition) is 4. The van der Waals surface area contributed by atoms with Gasteiger partial charge in [0.25, 0.3) is 0 Å². The molecular formula is C19H18F6N2O4S. The van der Waals surface area contributed by atoms with Crippen LogP contribution < -0.4 is 10.1 Å². The predicted molar refractivity (Wildman–Crippen MR) is 103 cm³/mol. The number of carbonyl (C=O) groups is 1. The van der Waals surface area contributed by atoms with Crippen LogP contribution in [-0.4, -0.2) is 38.8 Å². The lowest BCUT2D eigenvalue weighted by atomic mass is 10.1. The molecule has 0 radical (unpaired) electrons. The van der Waals surface area contributed by atoms with Crippen LogP contribution in [0.25, 0.3) is 0 Å². The predicted octanol–water partition coefficient (Wildman–Crippen LogP) is 4.38. The molecule has 0 saturated carbocycles. The van der Waals surface area contributed by atoms with Crippen molar-refractivity contribution >= 4 is 21.6 Å². The summed E-state index contributed by atoms with van der Waals surface area (Å²) in [5.74, 6) is -0.460. The summed E-state index contributed by atoms with van der Waals surface area (Å²) in [6, 6.07) is 6.08. The first-order valence-electron chi connectivity index (χ1n) is 8.92. The largest absolute Gasteiger partial charge is 0.497 e. The van der Waals surface area contributed by atoms with E-state index in [4.69, 9.17) is 4.74 Å². The first-order valence-corrected chi connectivity index (χ1v) is 10.4. The van der Waals surface area contributed by atoms with Crippen molar-refractivity contribution in [1.29, 1.82) is 0 Å². The van der Waals surface area contributed by atoms with Gasteiger partial charge in [-0.1, -0.05) is 13.0 Å². The van der Waals surface area contributed by atoms with Gasteiger partial charge in [-0.2, -0.15) is 30.6 Å². The minimum atomic E-state index is -5.22. The number of benzene rings is 2. The molecule has 0 unspecified atom stereocenters. The van der Waals surface area contributed by atoms with Crippen LogP contribution in [0.3, 0.4) is 0 Å². The van der Waals surface area contributed by atoms with Crippen molar-refractivity contribution in [2.45, 2.75) is 24.2 Å². The van der Waals surface area contributed by atoms with E-state index in [-0.39, 0.29) is 30.4 Å². The van der Waals surface area contributed by atoms with Gasteiger partial charge in [0.05, 0.1) is 29.7 Å². The summed E-state index contributed by atoms with van der Waals surface area (Å²) < 4.78 is 109. The minimum absolute atomic E-state index is 0.104. The second kappa shape index (κ2) is 9.36. The molecule has 0 atom stereocenters. The molecule has 0 aliphatic rings. The Bertz CT molecular complexity index is 1050. The van der Waals surface area contributed by atoms with Crippen LogP contribution >= 0.6 is 0 Å². The molecule has 2 aromatic carbocycles. The molecule has 2 aromatic rings. The summed E-state index contributed by atoms with van der Waals surface area (Å²) in [6.07, 6.45) is -10.4. The average molecular weight is 484 g/mol. The molecule has 0 heterocycles. The highest BCUT2D eigenvalue weighted by atomic mass is 32.2. The van der Waals surface area contributed by atoms with E-state index in [9.17, 15) is 39.6 Å². The van der Waals surface area contributed by atoms with Gasteiger partial charge in [-0.15, -0.1) is 0 Å². The van der Waals surface area contributed by atoms with Gasteiger partial charge < -0.3 is 10.1 Å². The highest BCUT2D eigenvalue weighted by Gasteiger charge is 2.39. The van der Waals surface area contributed by atoms with E-state index in [1.54, 1.807) is 12.1 Å². The number of alkyl halides is 6. The minimum Gasteiger partial charge on any atom is -0.497 e. The number of carbonyl (C=O) groups excluding carboxylic acids is 1. The van der Waals surface area contributed by atoms with Crippen LogP contribution in [0.1, 0.15) is 18.1 Å². The molecule has 0 bridgehead atoms. The maximum absolute atomic E-state index is 13.1. The Morgan fingerprint density at radius 1 is 1.00 bits per heavy atom. The fourth-order valence-corrected chi connectivity index (χ4v) is 4.13. The summed E-state index contributed by atoms with van der Waals surface area (Å²) in [7, 11) is -3.48. The molecule has 2 rings (SSSR count). The lowest BCUT2D eigenvalue weighted by Gasteiger charge is -2.22. The number of halogens is 6. The molecule has 13 heteroatoms. The summed E-state index contributed by atoms with van der Waals surface area (Å²) >= 11 is 0. The van der Waals surface area contributed by atoms with Crippen molar-refractivity contribution in [1.82, 2.24) is 4.31 Å². The molecule has 0 aliphatic heterocycles. The highest BCUT2D eigenvalue weighted by Crippen LogP contribution is 2.37. The Balaban J connectivity index is 2.38. The van der Waals surface area contributed by atoms with E-state index in [1.807, 2.05) is 0 Å². The molecule has 32 heavy (non-hydrogen) atoms. The van der Waals surface area contributed by atoms with Crippen molar-refractivity contribution < 1.29 is 44.3 Å². The van der Waals surface area contributed by atoms with E-state index in [1.165, 1.54) is 26.2 Å². The third kappa shape index (κ3) is 6.13. The maximum Gasteiger partial charge on any atom is 0.416 e. The number of anilines is 1. The number of methoxy groups -OCH3 is 1. The van der Waals surface area contributed by atoms with E-state index in [0.717, 1.165) is 0 Å². The number of nitrogens with one attached hydrogen (secondary N) is 1. The summed E-state index contributed by atoms with van der Waals surface area (Å²) in [6.45, 7) is 0.0632. The van der Waals surface area contributed by atoms with Crippen molar-refractivity contribution in [3.63, 3.8) is 0 Å². The third-order valence-electron chi connectivity index (χ3n) is 4.23. The van der Waals surface area contributed by atoms with Crippen LogP contribution in [0, 0.1) is 0 Å². The number of sulfonamides is 1. The van der Waals surface area contributed by atoms with Crippen molar-refractivity contribution in [2.75, 3.05) is 25.5 Å². The Hall–Kier alpha value is -2.80. The quantitative estimate of drug-likeness (QED) is 0.592. The fourth-order valence-electron chi connectivity index (χ4n) is 2.65. The summed E-state index contributed by atoms with van der Waals surface area (Å²) in [4.78, 5) is 11.1. The van der Waals surface area contributed by atoms with Crippen molar-refractivity contribution in [3.05, 3.63) is 53.6 Å². The van der Waals surface area contributed by atoms with Crippen LogP contribution in [0.4, 0.5) is 32.0 Å². The van der Waals surface area contributed by atoms with Crippen molar-refractivity contribution in [3.8, 4) is 5.75 Å². The number of amides is 1. The topological polar surface area (TPSA) is 75.7 Å². The number of ether oxygens (including phenoxy) is 1. The van der Waals surface area contributed by atoms with Gasteiger partial charge >= 0.3 is 12.4 Å². The van der Waals surface area contributed by atoms with Crippen LogP contribution in [0.15, 0.2) is 47.4 Å². The Morgan fingerprint density at radius 3 is 2.03 bits per heavy atom. The first kappa shape index (κ1) is 25.5. The number of nitrogens with zero attached hydrogens (tertiary/aromatic N) is 1. The zero-order valence-corrected chi connectivity index (χ0v) is 17.5. The molecule has 0 spiro atoms. The van der Waals surface area contributed by atoms with E-state index in [2.05, 4.69) is 5.32 Å².